The average molecular weight is 494 g/mol. The summed E-state index contributed by atoms with van der Waals surface area (Å²) < 4.78 is 43.9. The summed E-state index contributed by atoms with van der Waals surface area (Å²) in [5, 5.41) is 1.01. The highest BCUT2D eigenvalue weighted by atomic mass is 35.5. The number of rotatable bonds is 6. The number of carbonyl (C=O) groups excluding carboxylic acids is 1. The van der Waals surface area contributed by atoms with E-state index in [-0.39, 0.29) is 22.8 Å². The average Bonchev–Trinajstić information content (AvgIpc) is 2.70. The summed E-state index contributed by atoms with van der Waals surface area (Å²) in [6.07, 6.45) is 0. The van der Waals surface area contributed by atoms with Crippen LogP contribution in [-0.4, -0.2) is 27.0 Å². The van der Waals surface area contributed by atoms with Gasteiger partial charge in [0.2, 0.25) is 10.0 Å². The monoisotopic (exact) mass is 493 g/mol. The quantitative estimate of drug-likeness (QED) is 0.404. The number of hydrogen-bond donors (Lipinski definition) is 1. The van der Waals surface area contributed by atoms with E-state index in [2.05, 4.69) is 4.72 Å². The number of esters is 1. The van der Waals surface area contributed by atoms with Gasteiger partial charge >= 0.3 is 11.6 Å². The molecule has 33 heavy (non-hydrogen) atoms. The zero-order valence-corrected chi connectivity index (χ0v) is 20.4. The van der Waals surface area contributed by atoms with Crippen LogP contribution in [0.15, 0.2) is 50.5 Å². The largest absolute Gasteiger partial charge is 0.495 e. The van der Waals surface area contributed by atoms with Gasteiger partial charge in [-0.3, -0.25) is 0 Å². The van der Waals surface area contributed by atoms with Crippen LogP contribution in [0.4, 0.5) is 0 Å². The molecule has 10 heteroatoms. The molecule has 0 aliphatic rings. The number of nitrogens with one attached hydrogen (secondary N) is 1. The SMILES string of the molecule is COc1ccc(C(=O)OCc2cc(=O)oc3cc(C)c(Cl)cc23)cc1S(=O)(=O)NC(C)(C)C. The van der Waals surface area contributed by atoms with Gasteiger partial charge in [-0.25, -0.2) is 22.7 Å². The molecule has 0 aliphatic carbocycles. The van der Waals surface area contributed by atoms with Crippen LogP contribution in [0, 0.1) is 6.92 Å². The number of fused-ring (bicyclic) bond motifs is 1. The lowest BCUT2D eigenvalue weighted by atomic mass is 10.1. The van der Waals surface area contributed by atoms with Gasteiger partial charge in [0, 0.05) is 27.6 Å². The maximum absolute atomic E-state index is 12.8. The van der Waals surface area contributed by atoms with Crippen molar-refractivity contribution in [2.75, 3.05) is 7.11 Å². The van der Waals surface area contributed by atoms with Crippen LogP contribution >= 0.6 is 11.6 Å². The van der Waals surface area contributed by atoms with Gasteiger partial charge in [-0.1, -0.05) is 11.6 Å². The molecule has 0 radical (unpaired) electrons. The third-order valence-electron chi connectivity index (χ3n) is 4.60. The lowest BCUT2D eigenvalue weighted by molar-refractivity contribution is 0.0473. The number of aryl methyl sites for hydroxylation is 1. The highest BCUT2D eigenvalue weighted by Crippen LogP contribution is 2.28. The second-order valence-electron chi connectivity index (χ2n) is 8.49. The smallest absolute Gasteiger partial charge is 0.338 e. The summed E-state index contributed by atoms with van der Waals surface area (Å²) in [6.45, 7) is 6.63. The van der Waals surface area contributed by atoms with Crippen LogP contribution in [0.5, 0.6) is 5.75 Å². The molecule has 0 unspecified atom stereocenters. The maximum atomic E-state index is 12.8. The fraction of sp³-hybridized carbons (Fsp3) is 0.304. The lowest BCUT2D eigenvalue weighted by Crippen LogP contribution is -2.40. The molecule has 0 aliphatic heterocycles. The molecule has 0 atom stereocenters. The Morgan fingerprint density at radius 1 is 1.15 bits per heavy atom. The summed E-state index contributed by atoms with van der Waals surface area (Å²) in [6, 6.07) is 8.45. The molecule has 0 spiro atoms. The Labute approximate surface area is 196 Å². The van der Waals surface area contributed by atoms with Crippen LogP contribution in [0.3, 0.4) is 0 Å². The first-order chi connectivity index (χ1) is 15.3. The number of carbonyl (C=O) groups is 1. The molecule has 8 nitrogen and oxygen atoms in total. The third kappa shape index (κ3) is 5.73. The van der Waals surface area contributed by atoms with E-state index in [1.165, 1.54) is 31.4 Å². The van der Waals surface area contributed by atoms with E-state index in [9.17, 15) is 18.0 Å². The van der Waals surface area contributed by atoms with Crippen LogP contribution in [0.2, 0.25) is 5.02 Å². The minimum atomic E-state index is -3.98. The molecule has 1 heterocycles. The third-order valence-corrected chi connectivity index (χ3v) is 6.78. The van der Waals surface area contributed by atoms with Crippen molar-refractivity contribution in [3.05, 3.63) is 68.5 Å². The first kappa shape index (κ1) is 24.8. The Hall–Kier alpha value is -2.88. The molecule has 0 bridgehead atoms. The molecular weight excluding hydrogens is 470 g/mol. The van der Waals surface area contributed by atoms with Crippen LogP contribution in [0.25, 0.3) is 11.0 Å². The molecule has 0 saturated carbocycles. The highest BCUT2D eigenvalue weighted by Gasteiger charge is 2.26. The van der Waals surface area contributed by atoms with E-state index >= 15 is 0 Å². The second kappa shape index (κ2) is 9.17. The topological polar surface area (TPSA) is 112 Å². The van der Waals surface area contributed by atoms with E-state index in [1.54, 1.807) is 39.8 Å². The van der Waals surface area contributed by atoms with Gasteiger partial charge in [0.25, 0.3) is 0 Å². The van der Waals surface area contributed by atoms with E-state index in [0.717, 1.165) is 5.56 Å². The van der Waals surface area contributed by atoms with Gasteiger partial charge in [0.1, 0.15) is 22.8 Å². The molecular formula is C23H24ClNO7S. The second-order valence-corrected chi connectivity index (χ2v) is 10.5. The van der Waals surface area contributed by atoms with Gasteiger partial charge < -0.3 is 13.9 Å². The zero-order chi connectivity index (χ0) is 24.6. The predicted molar refractivity (Wildman–Crippen MR) is 124 cm³/mol. The molecule has 1 N–H and O–H groups in total. The summed E-state index contributed by atoms with van der Waals surface area (Å²) in [7, 11) is -2.64. The van der Waals surface area contributed by atoms with Crippen LogP contribution in [-0.2, 0) is 21.4 Å². The lowest BCUT2D eigenvalue weighted by Gasteiger charge is -2.21. The Morgan fingerprint density at radius 3 is 2.48 bits per heavy atom. The van der Waals surface area contributed by atoms with Crippen molar-refractivity contribution >= 4 is 38.6 Å². The van der Waals surface area contributed by atoms with Gasteiger partial charge in [-0.2, -0.15) is 0 Å². The Balaban J connectivity index is 1.92. The number of halogens is 1. The van der Waals surface area contributed by atoms with Crippen LogP contribution < -0.4 is 15.1 Å². The molecule has 0 amide bonds. The van der Waals surface area contributed by atoms with Crippen LogP contribution in [0.1, 0.15) is 42.3 Å². The van der Waals surface area contributed by atoms with E-state index in [0.29, 0.717) is 21.6 Å². The van der Waals surface area contributed by atoms with E-state index in [1.807, 2.05) is 0 Å². The van der Waals surface area contributed by atoms with Crippen molar-refractivity contribution in [3.8, 4) is 5.75 Å². The van der Waals surface area contributed by atoms with Gasteiger partial charge in [0.05, 0.1) is 12.7 Å². The Bertz CT molecular complexity index is 1390. The predicted octanol–water partition coefficient (Wildman–Crippen LogP) is 4.20. The number of hydrogen-bond acceptors (Lipinski definition) is 7. The first-order valence-corrected chi connectivity index (χ1v) is 11.8. The minimum Gasteiger partial charge on any atom is -0.495 e. The minimum absolute atomic E-state index is 0.00577. The standard InChI is InChI=1S/C23H24ClNO7S/c1-13-8-19-16(11-17(13)24)15(10-21(26)32-19)12-31-22(27)14-6-7-18(30-5)20(9-14)33(28,29)25-23(2,3)4/h6-11,25H,12H2,1-5H3. The molecule has 3 aromatic rings. The highest BCUT2D eigenvalue weighted by molar-refractivity contribution is 7.89. The summed E-state index contributed by atoms with van der Waals surface area (Å²) in [5.74, 6) is -0.690. The van der Waals surface area contributed by atoms with Crippen molar-refractivity contribution in [2.45, 2.75) is 44.7 Å². The summed E-state index contributed by atoms with van der Waals surface area (Å²) in [4.78, 5) is 24.5. The van der Waals surface area contributed by atoms with Crippen molar-refractivity contribution < 1.29 is 27.1 Å². The van der Waals surface area contributed by atoms with E-state index in [4.69, 9.17) is 25.5 Å². The Kier molecular flexibility index (Phi) is 6.88. The van der Waals surface area contributed by atoms with Gasteiger partial charge in [0.15, 0.2) is 0 Å². The molecule has 0 saturated heterocycles. The summed E-state index contributed by atoms with van der Waals surface area (Å²) >= 11 is 6.19. The molecule has 3 rings (SSSR count). The van der Waals surface area contributed by atoms with Gasteiger partial charge in [-0.05, 0) is 63.6 Å². The number of methoxy groups -OCH3 is 1. The van der Waals surface area contributed by atoms with Crippen molar-refractivity contribution in [1.29, 1.82) is 0 Å². The maximum Gasteiger partial charge on any atom is 0.338 e. The number of sulfonamides is 1. The van der Waals surface area contributed by atoms with Crippen molar-refractivity contribution in [2.24, 2.45) is 0 Å². The molecule has 2 aromatic carbocycles. The van der Waals surface area contributed by atoms with Gasteiger partial charge in [-0.15, -0.1) is 0 Å². The van der Waals surface area contributed by atoms with E-state index < -0.39 is 27.2 Å². The van der Waals surface area contributed by atoms with Crippen molar-refractivity contribution in [3.63, 3.8) is 0 Å². The number of ether oxygens (including phenoxy) is 2. The zero-order valence-electron chi connectivity index (χ0n) is 18.8. The molecule has 1 aromatic heterocycles. The normalized spacial score (nSPS) is 12.1. The molecule has 0 fully saturated rings. The first-order valence-electron chi connectivity index (χ1n) is 9.93. The Morgan fingerprint density at radius 2 is 1.85 bits per heavy atom. The molecule has 176 valence electrons. The number of benzene rings is 2. The fourth-order valence-corrected chi connectivity index (χ4v) is 4.94. The summed E-state index contributed by atoms with van der Waals surface area (Å²) in [5.41, 5.74) is 0.133. The van der Waals surface area contributed by atoms with Crippen molar-refractivity contribution in [1.82, 2.24) is 4.72 Å². The fourth-order valence-electron chi connectivity index (χ4n) is 3.17.